The van der Waals surface area contributed by atoms with Crippen LogP contribution in [0.3, 0.4) is 0 Å². The Morgan fingerprint density at radius 1 is 0.933 bits per heavy atom. The number of nitrogens with zero attached hydrogens (tertiary/aromatic N) is 1. The highest BCUT2D eigenvalue weighted by molar-refractivity contribution is 6.04. The lowest BCUT2D eigenvalue weighted by Crippen LogP contribution is -2.37. The molecule has 6 nitrogen and oxygen atoms in total. The predicted octanol–water partition coefficient (Wildman–Crippen LogP) is 4.04. The SMILES string of the molecule is COc1cc(NC(=O)[C@H](c2ccccc2)N2Cc3ccccc3C2=O)cc(OC)c1. The van der Waals surface area contributed by atoms with E-state index in [0.717, 1.165) is 11.1 Å². The van der Waals surface area contributed by atoms with Gasteiger partial charge in [0.2, 0.25) is 0 Å². The fourth-order valence-corrected chi connectivity index (χ4v) is 3.68. The Hall–Kier alpha value is -3.80. The summed E-state index contributed by atoms with van der Waals surface area (Å²) in [6.45, 7) is 0.378. The number of anilines is 1. The third-order valence-electron chi connectivity index (χ3n) is 5.14. The Bertz CT molecular complexity index is 1060. The van der Waals surface area contributed by atoms with Gasteiger partial charge in [-0.3, -0.25) is 9.59 Å². The van der Waals surface area contributed by atoms with Crippen molar-refractivity contribution in [2.24, 2.45) is 0 Å². The van der Waals surface area contributed by atoms with Crippen LogP contribution in [-0.2, 0) is 11.3 Å². The van der Waals surface area contributed by atoms with E-state index in [1.54, 1.807) is 43.4 Å². The van der Waals surface area contributed by atoms with Gasteiger partial charge in [-0.05, 0) is 17.2 Å². The van der Waals surface area contributed by atoms with Crippen molar-refractivity contribution >= 4 is 17.5 Å². The Labute approximate surface area is 175 Å². The minimum absolute atomic E-state index is 0.155. The molecular weight excluding hydrogens is 380 g/mol. The van der Waals surface area contributed by atoms with E-state index in [1.165, 1.54) is 0 Å². The van der Waals surface area contributed by atoms with Crippen LogP contribution in [0.2, 0.25) is 0 Å². The molecule has 0 fully saturated rings. The highest BCUT2D eigenvalue weighted by atomic mass is 16.5. The quantitative estimate of drug-likeness (QED) is 0.676. The molecule has 0 spiro atoms. The van der Waals surface area contributed by atoms with Crippen LogP contribution in [0.5, 0.6) is 11.5 Å². The van der Waals surface area contributed by atoms with E-state index in [0.29, 0.717) is 29.3 Å². The molecule has 0 radical (unpaired) electrons. The molecule has 0 unspecified atom stereocenters. The molecule has 3 aromatic carbocycles. The van der Waals surface area contributed by atoms with Crippen molar-refractivity contribution in [1.82, 2.24) is 4.90 Å². The van der Waals surface area contributed by atoms with Gasteiger partial charge in [0.1, 0.15) is 17.5 Å². The molecule has 1 aliphatic heterocycles. The van der Waals surface area contributed by atoms with Crippen LogP contribution in [-0.4, -0.2) is 30.9 Å². The zero-order valence-corrected chi connectivity index (χ0v) is 16.8. The number of ether oxygens (including phenoxy) is 2. The number of rotatable bonds is 6. The van der Waals surface area contributed by atoms with Crippen molar-refractivity contribution in [3.63, 3.8) is 0 Å². The van der Waals surface area contributed by atoms with E-state index in [-0.39, 0.29) is 11.8 Å². The topological polar surface area (TPSA) is 67.9 Å². The highest BCUT2D eigenvalue weighted by Gasteiger charge is 2.37. The second kappa shape index (κ2) is 8.29. The van der Waals surface area contributed by atoms with Gasteiger partial charge in [-0.25, -0.2) is 0 Å². The number of amides is 2. The summed E-state index contributed by atoms with van der Waals surface area (Å²) in [5, 5.41) is 2.92. The first kappa shape index (κ1) is 19.5. The number of fused-ring (bicyclic) bond motifs is 1. The summed E-state index contributed by atoms with van der Waals surface area (Å²) in [6, 6.07) is 21.1. The van der Waals surface area contributed by atoms with E-state index in [1.807, 2.05) is 48.5 Å². The maximum Gasteiger partial charge on any atom is 0.255 e. The van der Waals surface area contributed by atoms with Gasteiger partial charge in [0.05, 0.1) is 14.2 Å². The van der Waals surface area contributed by atoms with Crippen molar-refractivity contribution in [2.45, 2.75) is 12.6 Å². The van der Waals surface area contributed by atoms with Crippen molar-refractivity contribution in [1.29, 1.82) is 0 Å². The van der Waals surface area contributed by atoms with Crippen molar-refractivity contribution in [3.05, 3.63) is 89.5 Å². The van der Waals surface area contributed by atoms with Crippen LogP contribution in [0.1, 0.15) is 27.5 Å². The maximum atomic E-state index is 13.4. The molecule has 3 aromatic rings. The monoisotopic (exact) mass is 402 g/mol. The summed E-state index contributed by atoms with van der Waals surface area (Å²) >= 11 is 0. The van der Waals surface area contributed by atoms with Gasteiger partial charge in [0.25, 0.3) is 11.8 Å². The summed E-state index contributed by atoms with van der Waals surface area (Å²) in [4.78, 5) is 28.1. The van der Waals surface area contributed by atoms with Crippen molar-refractivity contribution in [2.75, 3.05) is 19.5 Å². The molecule has 6 heteroatoms. The maximum absolute atomic E-state index is 13.4. The molecule has 0 bridgehead atoms. The number of nitrogens with one attached hydrogen (secondary N) is 1. The number of benzene rings is 3. The summed E-state index contributed by atoms with van der Waals surface area (Å²) < 4.78 is 10.6. The molecule has 0 aliphatic carbocycles. The van der Waals surface area contributed by atoms with E-state index >= 15 is 0 Å². The molecule has 1 N–H and O–H groups in total. The molecule has 152 valence electrons. The lowest BCUT2D eigenvalue weighted by Gasteiger charge is -2.27. The zero-order chi connectivity index (χ0) is 21.1. The van der Waals surface area contributed by atoms with Crippen LogP contribution < -0.4 is 14.8 Å². The number of carbonyl (C=O) groups is 2. The largest absolute Gasteiger partial charge is 0.497 e. The van der Waals surface area contributed by atoms with E-state index in [2.05, 4.69) is 5.32 Å². The molecule has 4 rings (SSSR count). The predicted molar refractivity (Wildman–Crippen MR) is 114 cm³/mol. The van der Waals surface area contributed by atoms with E-state index in [9.17, 15) is 9.59 Å². The zero-order valence-electron chi connectivity index (χ0n) is 16.8. The fourth-order valence-electron chi connectivity index (χ4n) is 3.68. The van der Waals surface area contributed by atoms with Crippen LogP contribution >= 0.6 is 0 Å². The summed E-state index contributed by atoms with van der Waals surface area (Å²) in [6.07, 6.45) is 0. The van der Waals surface area contributed by atoms with Gasteiger partial charge in [0.15, 0.2) is 0 Å². The Morgan fingerprint density at radius 2 is 1.57 bits per heavy atom. The van der Waals surface area contributed by atoms with Gasteiger partial charge in [0, 0.05) is 36.0 Å². The molecular formula is C24H22N2O4. The first-order valence-electron chi connectivity index (χ1n) is 9.58. The molecule has 1 aliphatic rings. The van der Waals surface area contributed by atoms with Crippen LogP contribution in [0.4, 0.5) is 5.69 Å². The average Bonchev–Trinajstić information content (AvgIpc) is 3.10. The minimum Gasteiger partial charge on any atom is -0.497 e. The van der Waals surface area contributed by atoms with Crippen molar-refractivity contribution in [3.8, 4) is 11.5 Å². The van der Waals surface area contributed by atoms with E-state index < -0.39 is 6.04 Å². The minimum atomic E-state index is -0.775. The summed E-state index contributed by atoms with van der Waals surface area (Å²) in [5.74, 6) is 0.659. The average molecular weight is 402 g/mol. The van der Waals surface area contributed by atoms with Crippen molar-refractivity contribution < 1.29 is 19.1 Å². The van der Waals surface area contributed by atoms with Crippen LogP contribution in [0.25, 0.3) is 0 Å². The molecule has 0 saturated heterocycles. The number of hydrogen-bond acceptors (Lipinski definition) is 4. The third-order valence-corrected chi connectivity index (χ3v) is 5.14. The first-order valence-corrected chi connectivity index (χ1v) is 9.58. The van der Waals surface area contributed by atoms with Crippen LogP contribution in [0.15, 0.2) is 72.8 Å². The van der Waals surface area contributed by atoms with Gasteiger partial charge < -0.3 is 19.7 Å². The standard InChI is InChI=1S/C24H22N2O4/c1-29-19-12-18(13-20(14-19)30-2)25-23(27)22(16-8-4-3-5-9-16)26-15-17-10-6-7-11-21(17)24(26)28/h3-14,22H,15H2,1-2H3,(H,25,27)/t22-/m0/s1. The molecule has 1 atom stereocenters. The fraction of sp³-hybridized carbons (Fsp3) is 0.167. The van der Waals surface area contributed by atoms with E-state index in [4.69, 9.17) is 9.47 Å². The second-order valence-corrected chi connectivity index (χ2v) is 6.99. The lowest BCUT2D eigenvalue weighted by atomic mass is 10.0. The third kappa shape index (κ3) is 3.72. The lowest BCUT2D eigenvalue weighted by molar-refractivity contribution is -0.120. The highest BCUT2D eigenvalue weighted by Crippen LogP contribution is 2.33. The molecule has 0 saturated carbocycles. The molecule has 1 heterocycles. The van der Waals surface area contributed by atoms with Gasteiger partial charge in [-0.1, -0.05) is 48.5 Å². The van der Waals surface area contributed by atoms with Gasteiger partial charge in [-0.15, -0.1) is 0 Å². The number of carbonyl (C=O) groups excluding carboxylic acids is 2. The Balaban J connectivity index is 1.68. The second-order valence-electron chi connectivity index (χ2n) is 6.99. The van der Waals surface area contributed by atoms with Crippen LogP contribution in [0, 0.1) is 0 Å². The van der Waals surface area contributed by atoms with Gasteiger partial charge >= 0.3 is 0 Å². The summed E-state index contributed by atoms with van der Waals surface area (Å²) in [7, 11) is 3.10. The molecule has 2 amide bonds. The normalized spacial score (nSPS) is 13.5. The Kier molecular flexibility index (Phi) is 5.39. The van der Waals surface area contributed by atoms with Gasteiger partial charge in [-0.2, -0.15) is 0 Å². The smallest absolute Gasteiger partial charge is 0.255 e. The molecule has 0 aromatic heterocycles. The molecule has 30 heavy (non-hydrogen) atoms. The first-order chi connectivity index (χ1) is 14.6. The number of hydrogen-bond donors (Lipinski definition) is 1. The number of methoxy groups -OCH3 is 2. The summed E-state index contributed by atoms with van der Waals surface area (Å²) in [5.41, 5.74) is 2.82. The Morgan fingerprint density at radius 3 is 2.20 bits per heavy atom.